The Hall–Kier alpha value is -2.58. The van der Waals surface area contributed by atoms with E-state index in [0.717, 1.165) is 37.3 Å². The minimum Gasteiger partial charge on any atom is -0.496 e. The Labute approximate surface area is 157 Å². The van der Waals surface area contributed by atoms with E-state index in [1.165, 1.54) is 20.3 Å². The van der Waals surface area contributed by atoms with Gasteiger partial charge in [0, 0.05) is 12.1 Å². The molecule has 3 rings (SSSR count). The van der Waals surface area contributed by atoms with Crippen LogP contribution in [0.1, 0.15) is 10.4 Å². The summed E-state index contributed by atoms with van der Waals surface area (Å²) in [7, 11) is 5.15. The molecular formula is C19H25N2O6+. The van der Waals surface area contributed by atoms with Crippen molar-refractivity contribution in [2.24, 2.45) is 0 Å². The summed E-state index contributed by atoms with van der Waals surface area (Å²) in [6.07, 6.45) is 0. The minimum absolute atomic E-state index is 0.0457. The fraction of sp³-hybridized carbons (Fsp3) is 0.474. The lowest BCUT2D eigenvalue weighted by Crippen LogP contribution is -2.54. The molecule has 0 saturated carbocycles. The summed E-state index contributed by atoms with van der Waals surface area (Å²) >= 11 is 0. The number of fused-ring (bicyclic) bond motifs is 1. The Kier molecular flexibility index (Phi) is 5.67. The molecule has 8 heteroatoms. The van der Waals surface area contributed by atoms with Crippen LogP contribution in [0.4, 0.5) is 0 Å². The van der Waals surface area contributed by atoms with Gasteiger partial charge in [0.15, 0.2) is 0 Å². The summed E-state index contributed by atoms with van der Waals surface area (Å²) in [5.41, 5.74) is -0.434. The molecule has 0 radical (unpaired) electrons. The number of carbonyl (C=O) groups excluding carboxylic acids is 1. The first kappa shape index (κ1) is 19.2. The fourth-order valence-electron chi connectivity index (χ4n) is 3.15. The average Bonchev–Trinajstić information content (AvgIpc) is 2.66. The van der Waals surface area contributed by atoms with Gasteiger partial charge >= 0.3 is 5.63 Å². The Morgan fingerprint density at radius 1 is 1.19 bits per heavy atom. The first-order valence-electron chi connectivity index (χ1n) is 8.85. The van der Waals surface area contributed by atoms with Crippen molar-refractivity contribution in [2.45, 2.75) is 0 Å². The lowest BCUT2D eigenvalue weighted by molar-refractivity contribution is -0.915. The van der Waals surface area contributed by atoms with Gasteiger partial charge in [-0.15, -0.1) is 0 Å². The molecule has 0 aliphatic carbocycles. The maximum Gasteiger partial charge on any atom is 0.349 e. The van der Waals surface area contributed by atoms with Gasteiger partial charge in [-0.2, -0.15) is 0 Å². The molecule has 2 heterocycles. The third-order valence-electron chi connectivity index (χ3n) is 4.98. The number of hydrogen-bond acceptors (Lipinski definition) is 6. The molecule has 1 aromatic heterocycles. The minimum atomic E-state index is -0.693. The van der Waals surface area contributed by atoms with Crippen LogP contribution < -0.4 is 20.4 Å². The van der Waals surface area contributed by atoms with Gasteiger partial charge in [0.2, 0.25) is 0 Å². The monoisotopic (exact) mass is 377 g/mol. The van der Waals surface area contributed by atoms with Gasteiger partial charge in [-0.1, -0.05) is 0 Å². The smallest absolute Gasteiger partial charge is 0.349 e. The van der Waals surface area contributed by atoms with E-state index in [0.29, 0.717) is 29.0 Å². The van der Waals surface area contributed by atoms with Crippen LogP contribution in [0.2, 0.25) is 0 Å². The number of methoxy groups -OCH3 is 2. The number of nitrogens with zero attached hydrogens (tertiary/aromatic N) is 1. The van der Waals surface area contributed by atoms with E-state index in [2.05, 4.69) is 12.4 Å². The van der Waals surface area contributed by atoms with Crippen LogP contribution in [0.15, 0.2) is 27.4 Å². The number of amides is 1. The SMILES string of the molecule is COc1cc(OC)c2cc(C(=O)NCC[N+]3(C)CCOCC3)c(=O)oc2c1. The molecule has 146 valence electrons. The maximum atomic E-state index is 12.5. The quantitative estimate of drug-likeness (QED) is 0.597. The lowest BCUT2D eigenvalue weighted by Gasteiger charge is -2.37. The Morgan fingerprint density at radius 2 is 1.93 bits per heavy atom. The van der Waals surface area contributed by atoms with Crippen molar-refractivity contribution in [2.75, 3.05) is 60.7 Å². The predicted octanol–water partition coefficient (Wildman–Crippen LogP) is 1.02. The lowest BCUT2D eigenvalue weighted by atomic mass is 10.1. The highest BCUT2D eigenvalue weighted by atomic mass is 16.5. The number of carbonyl (C=O) groups is 1. The van der Waals surface area contributed by atoms with Gasteiger partial charge in [-0.05, 0) is 6.07 Å². The van der Waals surface area contributed by atoms with Crippen LogP contribution in [0.5, 0.6) is 11.5 Å². The molecule has 1 saturated heterocycles. The highest BCUT2D eigenvalue weighted by molar-refractivity contribution is 5.98. The summed E-state index contributed by atoms with van der Waals surface area (Å²) in [6.45, 7) is 4.51. The molecule has 8 nitrogen and oxygen atoms in total. The van der Waals surface area contributed by atoms with Crippen molar-refractivity contribution in [1.29, 1.82) is 0 Å². The molecule has 0 unspecified atom stereocenters. The van der Waals surface area contributed by atoms with Gasteiger partial charge < -0.3 is 28.4 Å². The Bertz CT molecular complexity index is 886. The maximum absolute atomic E-state index is 12.5. The number of benzene rings is 1. The van der Waals surface area contributed by atoms with E-state index in [-0.39, 0.29) is 5.56 Å². The van der Waals surface area contributed by atoms with E-state index in [1.807, 2.05) is 0 Å². The van der Waals surface area contributed by atoms with Crippen LogP contribution in [-0.4, -0.2) is 71.1 Å². The molecule has 0 spiro atoms. The molecule has 0 bridgehead atoms. The standard InChI is InChI=1S/C19H24N2O6/c1-21(6-8-26-9-7-21)5-4-20-18(22)15-12-14-16(25-3)10-13(24-2)11-17(14)27-19(15)23/h10-12H,4-9H2,1-3H3/p+1. The molecule has 1 aliphatic rings. The second-order valence-electron chi connectivity index (χ2n) is 6.85. The normalized spacial score (nSPS) is 16.1. The molecule has 0 atom stereocenters. The number of morpholine rings is 1. The van der Waals surface area contributed by atoms with Crippen molar-refractivity contribution in [3.63, 3.8) is 0 Å². The Balaban J connectivity index is 1.78. The summed E-state index contributed by atoms with van der Waals surface area (Å²) in [5, 5.41) is 3.35. The molecule has 1 fully saturated rings. The van der Waals surface area contributed by atoms with Crippen LogP contribution >= 0.6 is 0 Å². The summed E-state index contributed by atoms with van der Waals surface area (Å²) in [6, 6.07) is 4.76. The second kappa shape index (κ2) is 7.98. The van der Waals surface area contributed by atoms with Gasteiger partial charge in [0.1, 0.15) is 35.7 Å². The van der Waals surface area contributed by atoms with E-state index < -0.39 is 11.5 Å². The molecule has 1 amide bonds. The second-order valence-corrected chi connectivity index (χ2v) is 6.85. The number of hydrogen-bond donors (Lipinski definition) is 1. The van der Waals surface area contributed by atoms with Crippen LogP contribution in [-0.2, 0) is 4.74 Å². The van der Waals surface area contributed by atoms with Gasteiger partial charge in [0.05, 0.1) is 53.0 Å². The average molecular weight is 377 g/mol. The molecule has 1 aliphatic heterocycles. The van der Waals surface area contributed by atoms with Gasteiger partial charge in [-0.25, -0.2) is 4.79 Å². The zero-order chi connectivity index (χ0) is 19.4. The largest absolute Gasteiger partial charge is 0.496 e. The zero-order valence-corrected chi connectivity index (χ0v) is 15.9. The summed E-state index contributed by atoms with van der Waals surface area (Å²) < 4.78 is 22.0. The van der Waals surface area contributed by atoms with E-state index in [4.69, 9.17) is 18.6 Å². The predicted molar refractivity (Wildman–Crippen MR) is 99.5 cm³/mol. The fourth-order valence-corrected chi connectivity index (χ4v) is 3.15. The topological polar surface area (TPSA) is 87.0 Å². The molecule has 1 N–H and O–H groups in total. The van der Waals surface area contributed by atoms with Gasteiger partial charge in [-0.3, -0.25) is 4.79 Å². The third-order valence-corrected chi connectivity index (χ3v) is 4.98. The molecule has 1 aromatic carbocycles. The molecule has 27 heavy (non-hydrogen) atoms. The third kappa shape index (κ3) is 4.23. The summed E-state index contributed by atoms with van der Waals surface area (Å²) in [5.74, 6) is 0.513. The number of ether oxygens (including phenoxy) is 3. The number of likely N-dealkylation sites (N-methyl/N-ethyl adjacent to an activating group) is 1. The van der Waals surface area contributed by atoms with Crippen molar-refractivity contribution < 1.29 is 27.9 Å². The van der Waals surface area contributed by atoms with Crippen molar-refractivity contribution in [3.8, 4) is 11.5 Å². The molecule has 2 aromatic rings. The first-order valence-corrected chi connectivity index (χ1v) is 8.85. The van der Waals surface area contributed by atoms with Crippen LogP contribution in [0.3, 0.4) is 0 Å². The number of nitrogens with one attached hydrogen (secondary N) is 1. The van der Waals surface area contributed by atoms with Crippen LogP contribution in [0, 0.1) is 0 Å². The van der Waals surface area contributed by atoms with Crippen molar-refractivity contribution >= 4 is 16.9 Å². The Morgan fingerprint density at radius 3 is 2.59 bits per heavy atom. The van der Waals surface area contributed by atoms with E-state index in [1.54, 1.807) is 12.1 Å². The van der Waals surface area contributed by atoms with Crippen molar-refractivity contribution in [3.05, 3.63) is 34.2 Å². The highest BCUT2D eigenvalue weighted by Crippen LogP contribution is 2.30. The van der Waals surface area contributed by atoms with Crippen molar-refractivity contribution in [1.82, 2.24) is 5.32 Å². The first-order chi connectivity index (χ1) is 13.0. The van der Waals surface area contributed by atoms with E-state index >= 15 is 0 Å². The number of quaternary nitrogens is 1. The summed E-state index contributed by atoms with van der Waals surface area (Å²) in [4.78, 5) is 24.8. The molecular weight excluding hydrogens is 352 g/mol. The van der Waals surface area contributed by atoms with Crippen LogP contribution in [0.25, 0.3) is 11.0 Å². The number of rotatable bonds is 6. The highest BCUT2D eigenvalue weighted by Gasteiger charge is 2.25. The zero-order valence-electron chi connectivity index (χ0n) is 15.9. The van der Waals surface area contributed by atoms with E-state index in [9.17, 15) is 9.59 Å². The van der Waals surface area contributed by atoms with Gasteiger partial charge in [0.25, 0.3) is 5.91 Å².